The van der Waals surface area contributed by atoms with Crippen molar-refractivity contribution in [2.75, 3.05) is 24.2 Å². The number of rotatable bonds is 4. The summed E-state index contributed by atoms with van der Waals surface area (Å²) in [5.41, 5.74) is 1.06. The van der Waals surface area contributed by atoms with Gasteiger partial charge in [-0.1, -0.05) is 11.3 Å². The zero-order chi connectivity index (χ0) is 15.1. The number of benzene rings is 1. The summed E-state index contributed by atoms with van der Waals surface area (Å²) in [5, 5.41) is 4.18. The number of hydrogen-bond acceptors (Lipinski definition) is 5. The summed E-state index contributed by atoms with van der Waals surface area (Å²) < 4.78 is 1.23. The molecule has 1 aromatic heterocycles. The van der Waals surface area contributed by atoms with Crippen LogP contribution in [-0.2, 0) is 4.79 Å². The van der Waals surface area contributed by atoms with Crippen LogP contribution in [0, 0.1) is 5.92 Å². The molecule has 1 amide bonds. The number of fused-ring (bicyclic) bond motifs is 1. The van der Waals surface area contributed by atoms with E-state index in [0.29, 0.717) is 6.04 Å². The van der Waals surface area contributed by atoms with Gasteiger partial charge in [0, 0.05) is 24.0 Å². The van der Waals surface area contributed by atoms with Gasteiger partial charge < -0.3 is 10.2 Å². The van der Waals surface area contributed by atoms with Gasteiger partial charge in [-0.05, 0) is 43.7 Å². The predicted molar refractivity (Wildman–Crippen MR) is 92.9 cm³/mol. The Bertz CT molecular complexity index is 710. The number of carbonyl (C=O) groups is 1. The Balaban J connectivity index is 1.49. The van der Waals surface area contributed by atoms with Gasteiger partial charge in [0.25, 0.3) is 0 Å². The van der Waals surface area contributed by atoms with Crippen molar-refractivity contribution < 1.29 is 4.79 Å². The molecule has 1 unspecified atom stereocenters. The molecule has 1 saturated heterocycles. The van der Waals surface area contributed by atoms with Gasteiger partial charge in [0.05, 0.1) is 16.1 Å². The summed E-state index contributed by atoms with van der Waals surface area (Å²) in [6, 6.07) is 6.86. The lowest BCUT2D eigenvalue weighted by atomic mass is 10.1. The number of nitrogens with one attached hydrogen (secondary N) is 1. The zero-order valence-corrected chi connectivity index (χ0v) is 14.2. The van der Waals surface area contributed by atoms with E-state index in [0.717, 1.165) is 43.0 Å². The van der Waals surface area contributed by atoms with Crippen molar-refractivity contribution in [1.82, 2.24) is 10.3 Å². The molecular weight excluding hydrogens is 314 g/mol. The first kappa shape index (κ1) is 14.3. The van der Waals surface area contributed by atoms with Crippen molar-refractivity contribution in [1.29, 1.82) is 0 Å². The second kappa shape index (κ2) is 5.74. The summed E-state index contributed by atoms with van der Waals surface area (Å²) in [7, 11) is 0. The fourth-order valence-corrected chi connectivity index (χ4v) is 4.40. The molecule has 2 aliphatic rings. The number of nitrogens with zero attached hydrogens (tertiary/aromatic N) is 2. The molecule has 1 aliphatic heterocycles. The molecule has 1 saturated carbocycles. The molecule has 2 fully saturated rings. The average molecular weight is 333 g/mol. The Morgan fingerprint density at radius 1 is 1.41 bits per heavy atom. The maximum Gasteiger partial charge on any atom is 0.225 e. The first-order valence-corrected chi connectivity index (χ1v) is 9.77. The predicted octanol–water partition coefficient (Wildman–Crippen LogP) is 3.12. The number of hydrogen-bond donors (Lipinski definition) is 1. The number of anilines is 1. The minimum Gasteiger partial charge on any atom is -0.353 e. The first-order chi connectivity index (χ1) is 10.7. The van der Waals surface area contributed by atoms with Crippen molar-refractivity contribution in [3.63, 3.8) is 0 Å². The lowest BCUT2D eigenvalue weighted by molar-refractivity contribution is -0.124. The molecule has 4 rings (SSSR count). The summed E-state index contributed by atoms with van der Waals surface area (Å²) in [6.07, 6.45) is 5.33. The van der Waals surface area contributed by atoms with Crippen molar-refractivity contribution in [3.05, 3.63) is 18.2 Å². The fourth-order valence-electron chi connectivity index (χ4n) is 2.85. The van der Waals surface area contributed by atoms with E-state index in [9.17, 15) is 4.79 Å². The third-order valence-electron chi connectivity index (χ3n) is 4.34. The van der Waals surface area contributed by atoms with Crippen LogP contribution in [0.3, 0.4) is 0 Å². The van der Waals surface area contributed by atoms with E-state index in [2.05, 4.69) is 34.7 Å². The lowest BCUT2D eigenvalue weighted by Crippen LogP contribution is -2.34. The Morgan fingerprint density at radius 2 is 2.27 bits per heavy atom. The van der Waals surface area contributed by atoms with Gasteiger partial charge in [0.2, 0.25) is 5.91 Å². The third kappa shape index (κ3) is 2.82. The second-order valence-corrected chi connectivity index (χ2v) is 7.93. The highest BCUT2D eigenvalue weighted by Crippen LogP contribution is 2.34. The van der Waals surface area contributed by atoms with Crippen LogP contribution >= 0.6 is 23.1 Å². The SMILES string of the molecule is CSc1ccc2nc(N3CCC(C(=O)NC4CC4)C3)sc2c1. The maximum absolute atomic E-state index is 12.2. The molecule has 6 heteroatoms. The topological polar surface area (TPSA) is 45.2 Å². The monoisotopic (exact) mass is 333 g/mol. The van der Waals surface area contributed by atoms with Crippen molar-refractivity contribution in [3.8, 4) is 0 Å². The Morgan fingerprint density at radius 3 is 3.05 bits per heavy atom. The van der Waals surface area contributed by atoms with E-state index in [1.54, 1.807) is 23.1 Å². The highest BCUT2D eigenvalue weighted by Gasteiger charge is 2.33. The van der Waals surface area contributed by atoms with Gasteiger partial charge in [-0.15, -0.1) is 11.8 Å². The Hall–Kier alpha value is -1.27. The number of thiazole rings is 1. The third-order valence-corrected chi connectivity index (χ3v) is 6.14. The Kier molecular flexibility index (Phi) is 3.74. The van der Waals surface area contributed by atoms with Crippen LogP contribution in [-0.4, -0.2) is 36.3 Å². The molecule has 1 N–H and O–H groups in total. The summed E-state index contributed by atoms with van der Waals surface area (Å²) in [6.45, 7) is 1.73. The number of thioether (sulfide) groups is 1. The molecule has 2 aromatic rings. The van der Waals surface area contributed by atoms with Crippen LogP contribution in [0.5, 0.6) is 0 Å². The quantitative estimate of drug-likeness (QED) is 0.873. The van der Waals surface area contributed by atoms with Crippen LogP contribution in [0.25, 0.3) is 10.2 Å². The van der Waals surface area contributed by atoms with Gasteiger partial charge in [0.1, 0.15) is 0 Å². The minimum absolute atomic E-state index is 0.120. The maximum atomic E-state index is 12.2. The molecule has 2 heterocycles. The molecule has 1 atom stereocenters. The average Bonchev–Trinajstić information content (AvgIpc) is 3.06. The number of carbonyl (C=O) groups excluding carboxylic acids is 1. The van der Waals surface area contributed by atoms with Crippen molar-refractivity contribution in [2.24, 2.45) is 5.92 Å². The van der Waals surface area contributed by atoms with Crippen LogP contribution in [0.4, 0.5) is 5.13 Å². The summed E-state index contributed by atoms with van der Waals surface area (Å²) >= 11 is 3.49. The van der Waals surface area contributed by atoms with Crippen LogP contribution in [0.15, 0.2) is 23.1 Å². The molecular formula is C16H19N3OS2. The molecule has 4 nitrogen and oxygen atoms in total. The largest absolute Gasteiger partial charge is 0.353 e. The van der Waals surface area contributed by atoms with Crippen LogP contribution in [0.2, 0.25) is 0 Å². The fraction of sp³-hybridized carbons (Fsp3) is 0.500. The van der Waals surface area contributed by atoms with E-state index >= 15 is 0 Å². The van der Waals surface area contributed by atoms with Gasteiger partial charge in [-0.3, -0.25) is 4.79 Å². The van der Waals surface area contributed by atoms with Crippen molar-refractivity contribution in [2.45, 2.75) is 30.2 Å². The lowest BCUT2D eigenvalue weighted by Gasteiger charge is -2.14. The molecule has 22 heavy (non-hydrogen) atoms. The minimum atomic E-state index is 0.120. The zero-order valence-electron chi connectivity index (χ0n) is 12.5. The van der Waals surface area contributed by atoms with E-state index in [1.807, 2.05) is 0 Å². The van der Waals surface area contributed by atoms with Gasteiger partial charge in [-0.25, -0.2) is 4.98 Å². The highest BCUT2D eigenvalue weighted by molar-refractivity contribution is 7.98. The summed E-state index contributed by atoms with van der Waals surface area (Å²) in [4.78, 5) is 20.4. The molecule has 1 aromatic carbocycles. The van der Waals surface area contributed by atoms with Crippen LogP contribution < -0.4 is 10.2 Å². The molecule has 0 radical (unpaired) electrons. The molecule has 116 valence electrons. The standard InChI is InChI=1S/C16H19N3OS2/c1-21-12-4-5-13-14(8-12)22-16(18-13)19-7-6-10(9-19)15(20)17-11-2-3-11/h4-5,8,10-11H,2-3,6-7,9H2,1H3,(H,17,20). The second-order valence-electron chi connectivity index (χ2n) is 6.04. The van der Waals surface area contributed by atoms with Crippen molar-refractivity contribution >= 4 is 44.4 Å². The van der Waals surface area contributed by atoms with Crippen LogP contribution in [0.1, 0.15) is 19.3 Å². The molecule has 0 spiro atoms. The smallest absolute Gasteiger partial charge is 0.225 e. The first-order valence-electron chi connectivity index (χ1n) is 7.73. The molecule has 1 aliphatic carbocycles. The van der Waals surface area contributed by atoms with Gasteiger partial charge in [-0.2, -0.15) is 0 Å². The highest BCUT2D eigenvalue weighted by atomic mass is 32.2. The number of amides is 1. The van der Waals surface area contributed by atoms with Gasteiger partial charge >= 0.3 is 0 Å². The van der Waals surface area contributed by atoms with E-state index < -0.39 is 0 Å². The Labute approximate surface area is 138 Å². The summed E-state index contributed by atoms with van der Waals surface area (Å²) in [5.74, 6) is 0.352. The van der Waals surface area contributed by atoms with E-state index in [4.69, 9.17) is 4.98 Å². The van der Waals surface area contributed by atoms with E-state index in [-0.39, 0.29) is 11.8 Å². The molecule has 0 bridgehead atoms. The van der Waals surface area contributed by atoms with E-state index in [1.165, 1.54) is 9.60 Å². The number of aromatic nitrogens is 1. The normalized spacial score (nSPS) is 21.5. The van der Waals surface area contributed by atoms with Gasteiger partial charge in [0.15, 0.2) is 5.13 Å².